The molecule has 25 heavy (non-hydrogen) atoms. The van der Waals surface area contributed by atoms with Crippen molar-refractivity contribution < 1.29 is 4.79 Å². The first-order valence-corrected chi connectivity index (χ1v) is 9.13. The number of urea groups is 1. The highest BCUT2D eigenvalue weighted by Gasteiger charge is 2.25. The summed E-state index contributed by atoms with van der Waals surface area (Å²) in [6, 6.07) is 5.98. The van der Waals surface area contributed by atoms with E-state index in [1.54, 1.807) is 23.7 Å². The van der Waals surface area contributed by atoms with Crippen LogP contribution in [0.25, 0.3) is 0 Å². The molecule has 0 aliphatic carbocycles. The Bertz CT molecular complexity index is 812. The van der Waals surface area contributed by atoms with E-state index in [4.69, 9.17) is 0 Å². The number of carbonyl (C=O) groups is 1. The van der Waals surface area contributed by atoms with E-state index in [2.05, 4.69) is 26.8 Å². The molecular formula is C16H19N7OS. The van der Waals surface area contributed by atoms with E-state index >= 15 is 0 Å². The smallest absolute Gasteiger partial charge is 0.322 e. The SMILES string of the molecule is O=C(Nc1ccnn1Cc1cccs1)N1CCCC(n2ccnn2)C1. The van der Waals surface area contributed by atoms with Gasteiger partial charge in [0.15, 0.2) is 0 Å². The highest BCUT2D eigenvalue weighted by Crippen LogP contribution is 2.21. The van der Waals surface area contributed by atoms with Crippen molar-refractivity contribution in [3.63, 3.8) is 0 Å². The number of amides is 2. The number of piperidine rings is 1. The van der Waals surface area contributed by atoms with Gasteiger partial charge in [-0.15, -0.1) is 16.4 Å². The Morgan fingerprint density at radius 2 is 2.32 bits per heavy atom. The fraction of sp³-hybridized carbons (Fsp3) is 0.375. The second-order valence-corrected chi connectivity index (χ2v) is 7.04. The lowest BCUT2D eigenvalue weighted by Gasteiger charge is -2.32. The molecule has 1 N–H and O–H groups in total. The highest BCUT2D eigenvalue weighted by atomic mass is 32.1. The van der Waals surface area contributed by atoms with Gasteiger partial charge in [0.25, 0.3) is 0 Å². The summed E-state index contributed by atoms with van der Waals surface area (Å²) < 4.78 is 3.64. The number of hydrogen-bond acceptors (Lipinski definition) is 5. The Hall–Kier alpha value is -2.68. The minimum atomic E-state index is -0.0993. The molecule has 1 atom stereocenters. The van der Waals surface area contributed by atoms with Crippen LogP contribution in [0.2, 0.25) is 0 Å². The number of thiophene rings is 1. The monoisotopic (exact) mass is 357 g/mol. The highest BCUT2D eigenvalue weighted by molar-refractivity contribution is 7.09. The van der Waals surface area contributed by atoms with Crippen molar-refractivity contribution in [2.24, 2.45) is 0 Å². The molecule has 1 unspecified atom stereocenters. The molecule has 2 amide bonds. The second-order valence-electron chi connectivity index (χ2n) is 6.01. The average Bonchev–Trinajstić information content (AvgIpc) is 3.39. The maximum absolute atomic E-state index is 12.7. The molecule has 0 bridgehead atoms. The number of anilines is 1. The second kappa shape index (κ2) is 7.06. The fourth-order valence-corrected chi connectivity index (χ4v) is 3.76. The van der Waals surface area contributed by atoms with Gasteiger partial charge >= 0.3 is 6.03 Å². The molecule has 1 fully saturated rings. The van der Waals surface area contributed by atoms with E-state index in [9.17, 15) is 4.79 Å². The minimum absolute atomic E-state index is 0.0993. The number of nitrogens with zero attached hydrogens (tertiary/aromatic N) is 6. The lowest BCUT2D eigenvalue weighted by atomic mass is 10.1. The number of likely N-dealkylation sites (tertiary alicyclic amines) is 1. The molecule has 0 radical (unpaired) electrons. The summed E-state index contributed by atoms with van der Waals surface area (Å²) in [5, 5.41) is 17.3. The van der Waals surface area contributed by atoms with Crippen molar-refractivity contribution in [2.45, 2.75) is 25.4 Å². The maximum atomic E-state index is 12.7. The summed E-state index contributed by atoms with van der Waals surface area (Å²) in [6.45, 7) is 2.03. The van der Waals surface area contributed by atoms with Crippen molar-refractivity contribution in [3.8, 4) is 0 Å². The Labute approximate surface area is 149 Å². The quantitative estimate of drug-likeness (QED) is 0.778. The van der Waals surface area contributed by atoms with Crippen LogP contribution in [0.15, 0.2) is 42.2 Å². The third kappa shape index (κ3) is 3.55. The zero-order valence-electron chi connectivity index (χ0n) is 13.7. The minimum Gasteiger partial charge on any atom is -0.322 e. The fourth-order valence-electron chi connectivity index (χ4n) is 3.07. The first kappa shape index (κ1) is 15.8. The third-order valence-corrected chi connectivity index (χ3v) is 5.20. The molecule has 9 heteroatoms. The van der Waals surface area contributed by atoms with Gasteiger partial charge in [0.2, 0.25) is 0 Å². The standard InChI is InChI=1S/C16H19N7OS/c24-16(21-8-1-3-13(11-21)22-9-7-17-20-22)19-15-5-6-18-23(15)12-14-4-2-10-25-14/h2,4-7,9-10,13H,1,3,8,11-12H2,(H,19,24). The van der Waals surface area contributed by atoms with Crippen molar-refractivity contribution in [1.82, 2.24) is 29.7 Å². The van der Waals surface area contributed by atoms with E-state index in [1.807, 2.05) is 38.0 Å². The van der Waals surface area contributed by atoms with E-state index in [0.29, 0.717) is 18.9 Å². The normalized spacial score (nSPS) is 17.6. The summed E-state index contributed by atoms with van der Waals surface area (Å²) in [5.41, 5.74) is 0. The summed E-state index contributed by atoms with van der Waals surface area (Å²) >= 11 is 1.68. The molecule has 0 aromatic carbocycles. The zero-order valence-corrected chi connectivity index (χ0v) is 14.5. The van der Waals surface area contributed by atoms with Crippen molar-refractivity contribution >= 4 is 23.2 Å². The van der Waals surface area contributed by atoms with Gasteiger partial charge in [0, 0.05) is 30.2 Å². The number of nitrogens with one attached hydrogen (secondary N) is 1. The third-order valence-electron chi connectivity index (χ3n) is 4.34. The van der Waals surface area contributed by atoms with Gasteiger partial charge in [0.1, 0.15) is 5.82 Å². The topological polar surface area (TPSA) is 80.9 Å². The van der Waals surface area contributed by atoms with Crippen LogP contribution in [0.5, 0.6) is 0 Å². The number of rotatable bonds is 4. The van der Waals surface area contributed by atoms with Gasteiger partial charge in [-0.25, -0.2) is 14.2 Å². The van der Waals surface area contributed by atoms with E-state index < -0.39 is 0 Å². The molecular weight excluding hydrogens is 338 g/mol. The first-order valence-electron chi connectivity index (χ1n) is 8.25. The number of carbonyl (C=O) groups excluding carboxylic acids is 1. The Balaban J connectivity index is 1.41. The Morgan fingerprint density at radius 1 is 1.36 bits per heavy atom. The van der Waals surface area contributed by atoms with Crippen LogP contribution in [0.1, 0.15) is 23.8 Å². The van der Waals surface area contributed by atoms with Gasteiger partial charge in [-0.3, -0.25) is 5.32 Å². The lowest BCUT2D eigenvalue weighted by Crippen LogP contribution is -2.43. The number of aromatic nitrogens is 5. The molecule has 130 valence electrons. The molecule has 3 aromatic heterocycles. The molecule has 3 aromatic rings. The summed E-state index contributed by atoms with van der Waals surface area (Å²) in [5.74, 6) is 0.710. The van der Waals surface area contributed by atoms with Crippen LogP contribution in [0.4, 0.5) is 10.6 Å². The molecule has 1 saturated heterocycles. The summed E-state index contributed by atoms with van der Waals surface area (Å²) in [4.78, 5) is 15.7. The summed E-state index contributed by atoms with van der Waals surface area (Å²) in [6.07, 6.45) is 7.18. The Morgan fingerprint density at radius 3 is 3.12 bits per heavy atom. The number of hydrogen-bond donors (Lipinski definition) is 1. The molecule has 0 spiro atoms. The average molecular weight is 357 g/mol. The van der Waals surface area contributed by atoms with Gasteiger partial charge in [-0.1, -0.05) is 11.3 Å². The van der Waals surface area contributed by atoms with E-state index in [1.165, 1.54) is 4.88 Å². The van der Waals surface area contributed by atoms with Crippen LogP contribution in [0, 0.1) is 0 Å². The van der Waals surface area contributed by atoms with E-state index in [0.717, 1.165) is 19.4 Å². The predicted molar refractivity (Wildman–Crippen MR) is 94.5 cm³/mol. The van der Waals surface area contributed by atoms with Gasteiger partial charge < -0.3 is 4.90 Å². The van der Waals surface area contributed by atoms with Crippen LogP contribution in [-0.4, -0.2) is 48.8 Å². The van der Waals surface area contributed by atoms with Gasteiger partial charge in [-0.05, 0) is 24.3 Å². The first-order chi connectivity index (χ1) is 12.3. The van der Waals surface area contributed by atoms with Crippen LogP contribution in [-0.2, 0) is 6.54 Å². The molecule has 1 aliphatic heterocycles. The summed E-state index contributed by atoms with van der Waals surface area (Å²) in [7, 11) is 0. The van der Waals surface area contributed by atoms with Crippen LogP contribution < -0.4 is 5.32 Å². The lowest BCUT2D eigenvalue weighted by molar-refractivity contribution is 0.174. The van der Waals surface area contributed by atoms with E-state index in [-0.39, 0.29) is 12.1 Å². The molecule has 4 rings (SSSR count). The zero-order chi connectivity index (χ0) is 17.1. The van der Waals surface area contributed by atoms with Gasteiger partial charge in [0.05, 0.1) is 25.0 Å². The molecule has 0 saturated carbocycles. The molecule has 4 heterocycles. The van der Waals surface area contributed by atoms with Gasteiger partial charge in [-0.2, -0.15) is 5.10 Å². The van der Waals surface area contributed by atoms with Crippen LogP contribution >= 0.6 is 11.3 Å². The Kier molecular flexibility index (Phi) is 4.47. The predicted octanol–water partition coefficient (Wildman–Crippen LogP) is 2.45. The largest absolute Gasteiger partial charge is 0.323 e. The van der Waals surface area contributed by atoms with Crippen molar-refractivity contribution in [1.29, 1.82) is 0 Å². The maximum Gasteiger partial charge on any atom is 0.323 e. The van der Waals surface area contributed by atoms with Crippen molar-refractivity contribution in [3.05, 3.63) is 47.0 Å². The molecule has 1 aliphatic rings. The van der Waals surface area contributed by atoms with Crippen LogP contribution in [0.3, 0.4) is 0 Å². The molecule has 8 nitrogen and oxygen atoms in total. The van der Waals surface area contributed by atoms with Crippen molar-refractivity contribution in [2.75, 3.05) is 18.4 Å².